The Balaban J connectivity index is 2.10. The molecule has 0 saturated carbocycles. The summed E-state index contributed by atoms with van der Waals surface area (Å²) < 4.78 is 0. The van der Waals surface area contributed by atoms with Crippen molar-refractivity contribution in [1.29, 1.82) is 0 Å². The first kappa shape index (κ1) is 12.4. The van der Waals surface area contributed by atoms with E-state index in [0.29, 0.717) is 22.4 Å². The van der Waals surface area contributed by atoms with Gasteiger partial charge in [-0.05, 0) is 29.3 Å². The molecule has 0 amide bonds. The van der Waals surface area contributed by atoms with Gasteiger partial charge in [-0.1, -0.05) is 53.5 Å². The van der Waals surface area contributed by atoms with E-state index in [-0.39, 0.29) is 0 Å². The molecule has 0 spiro atoms. The summed E-state index contributed by atoms with van der Waals surface area (Å²) in [6, 6.07) is 13.6. The zero-order valence-corrected chi connectivity index (χ0v) is 11.6. The van der Waals surface area contributed by atoms with Crippen molar-refractivity contribution in [3.05, 3.63) is 69.5 Å². The van der Waals surface area contributed by atoms with Crippen LogP contribution in [0.1, 0.15) is 11.1 Å². The first-order valence-corrected chi connectivity index (χ1v) is 6.69. The molecule has 0 aromatic heterocycles. The lowest BCUT2D eigenvalue weighted by Gasteiger charge is -2.30. The highest BCUT2D eigenvalue weighted by Gasteiger charge is 2.21. The highest BCUT2D eigenvalue weighted by molar-refractivity contribution is 6.39. The van der Waals surface area contributed by atoms with E-state index in [0.717, 1.165) is 11.3 Å². The van der Waals surface area contributed by atoms with E-state index >= 15 is 0 Å². The zero-order chi connectivity index (χ0) is 13.4. The number of para-hydroxylation sites is 1. The Morgan fingerprint density at radius 1 is 0.947 bits per heavy atom. The fraction of sp³-hybridized carbons (Fsp3) is 0.0667. The SMILES string of the molecule is NC1=Cc2ccccc2CN1c1c(Cl)cccc1Cl. The summed E-state index contributed by atoms with van der Waals surface area (Å²) >= 11 is 12.5. The van der Waals surface area contributed by atoms with Gasteiger partial charge in [0.05, 0.1) is 22.3 Å². The van der Waals surface area contributed by atoms with Gasteiger partial charge in [-0.2, -0.15) is 0 Å². The Morgan fingerprint density at radius 3 is 2.37 bits per heavy atom. The molecule has 96 valence electrons. The van der Waals surface area contributed by atoms with Crippen LogP contribution in [0.2, 0.25) is 10.0 Å². The molecule has 3 rings (SSSR count). The number of halogens is 2. The second kappa shape index (κ2) is 4.80. The maximum Gasteiger partial charge on any atom is 0.104 e. The standard InChI is InChI=1S/C15H12Cl2N2/c16-12-6-3-7-13(17)15(12)19-9-11-5-2-1-4-10(11)8-14(19)18/h1-8H,9,18H2. The van der Waals surface area contributed by atoms with Crippen LogP contribution in [0.4, 0.5) is 5.69 Å². The molecular weight excluding hydrogens is 279 g/mol. The van der Waals surface area contributed by atoms with Gasteiger partial charge in [0.2, 0.25) is 0 Å². The third-order valence-electron chi connectivity index (χ3n) is 3.21. The van der Waals surface area contributed by atoms with Gasteiger partial charge in [0.25, 0.3) is 0 Å². The van der Waals surface area contributed by atoms with E-state index in [1.54, 1.807) is 0 Å². The van der Waals surface area contributed by atoms with Crippen molar-refractivity contribution < 1.29 is 0 Å². The smallest absolute Gasteiger partial charge is 0.104 e. The van der Waals surface area contributed by atoms with Crippen LogP contribution >= 0.6 is 23.2 Å². The minimum atomic E-state index is 0.600. The largest absolute Gasteiger partial charge is 0.385 e. The topological polar surface area (TPSA) is 29.3 Å². The zero-order valence-electron chi connectivity index (χ0n) is 10.1. The molecule has 0 fully saturated rings. The predicted octanol–water partition coefficient (Wildman–Crippen LogP) is 4.27. The van der Waals surface area contributed by atoms with Crippen molar-refractivity contribution >= 4 is 35.0 Å². The quantitative estimate of drug-likeness (QED) is 0.850. The van der Waals surface area contributed by atoms with Gasteiger partial charge in [-0.3, -0.25) is 0 Å². The highest BCUT2D eigenvalue weighted by atomic mass is 35.5. The minimum absolute atomic E-state index is 0.600. The number of hydrogen-bond donors (Lipinski definition) is 1. The fourth-order valence-electron chi connectivity index (χ4n) is 2.27. The first-order valence-electron chi connectivity index (χ1n) is 5.93. The summed E-state index contributed by atoms with van der Waals surface area (Å²) in [4.78, 5) is 1.94. The summed E-state index contributed by atoms with van der Waals surface area (Å²) in [6.45, 7) is 0.669. The summed E-state index contributed by atoms with van der Waals surface area (Å²) in [5.41, 5.74) is 9.23. The number of benzene rings is 2. The molecule has 0 saturated heterocycles. The summed E-state index contributed by atoms with van der Waals surface area (Å²) in [6.07, 6.45) is 1.94. The van der Waals surface area contributed by atoms with Gasteiger partial charge in [-0.25, -0.2) is 0 Å². The van der Waals surface area contributed by atoms with Gasteiger partial charge in [-0.15, -0.1) is 0 Å². The van der Waals surface area contributed by atoms with E-state index in [1.807, 2.05) is 47.4 Å². The molecule has 0 radical (unpaired) electrons. The summed E-state index contributed by atoms with van der Waals surface area (Å²) in [7, 11) is 0. The third-order valence-corrected chi connectivity index (χ3v) is 3.82. The number of anilines is 1. The van der Waals surface area contributed by atoms with Crippen LogP contribution in [0.3, 0.4) is 0 Å². The van der Waals surface area contributed by atoms with E-state index in [1.165, 1.54) is 5.56 Å². The Labute approximate surface area is 122 Å². The Morgan fingerprint density at radius 2 is 1.63 bits per heavy atom. The van der Waals surface area contributed by atoms with E-state index in [9.17, 15) is 0 Å². The third kappa shape index (κ3) is 2.18. The lowest BCUT2D eigenvalue weighted by molar-refractivity contribution is 0.888. The van der Waals surface area contributed by atoms with Gasteiger partial charge in [0.1, 0.15) is 5.82 Å². The maximum atomic E-state index is 6.25. The van der Waals surface area contributed by atoms with Crippen LogP contribution in [-0.2, 0) is 6.54 Å². The average molecular weight is 291 g/mol. The number of hydrogen-bond acceptors (Lipinski definition) is 2. The van der Waals surface area contributed by atoms with E-state index < -0.39 is 0 Å². The van der Waals surface area contributed by atoms with Crippen molar-refractivity contribution in [2.24, 2.45) is 5.73 Å². The van der Waals surface area contributed by atoms with E-state index in [2.05, 4.69) is 6.07 Å². The molecule has 0 atom stereocenters. The minimum Gasteiger partial charge on any atom is -0.385 e. The van der Waals surface area contributed by atoms with Crippen molar-refractivity contribution in [3.63, 3.8) is 0 Å². The van der Waals surface area contributed by atoms with E-state index in [4.69, 9.17) is 28.9 Å². The molecule has 19 heavy (non-hydrogen) atoms. The summed E-state index contributed by atoms with van der Waals surface area (Å²) in [5.74, 6) is 0.647. The molecule has 1 aliphatic rings. The second-order valence-corrected chi connectivity index (χ2v) is 5.24. The van der Waals surface area contributed by atoms with Crippen molar-refractivity contribution in [1.82, 2.24) is 0 Å². The highest BCUT2D eigenvalue weighted by Crippen LogP contribution is 2.37. The summed E-state index contributed by atoms with van der Waals surface area (Å²) in [5, 5.41) is 1.20. The Hall–Kier alpha value is -1.64. The predicted molar refractivity (Wildman–Crippen MR) is 81.3 cm³/mol. The molecule has 1 heterocycles. The molecule has 2 nitrogen and oxygen atoms in total. The molecular formula is C15H12Cl2N2. The monoisotopic (exact) mass is 290 g/mol. The first-order chi connectivity index (χ1) is 9.16. The van der Waals surface area contributed by atoms with Crippen LogP contribution in [-0.4, -0.2) is 0 Å². The van der Waals surface area contributed by atoms with Crippen molar-refractivity contribution in [3.8, 4) is 0 Å². The normalized spacial score (nSPS) is 14.0. The number of nitrogens with zero attached hydrogens (tertiary/aromatic N) is 1. The second-order valence-electron chi connectivity index (χ2n) is 4.42. The molecule has 4 heteroatoms. The molecule has 2 aromatic carbocycles. The Kier molecular flexibility index (Phi) is 3.13. The number of nitrogens with two attached hydrogens (primary N) is 1. The number of rotatable bonds is 1. The van der Waals surface area contributed by atoms with Gasteiger partial charge in [0.15, 0.2) is 0 Å². The Bertz CT molecular complexity index is 645. The van der Waals surface area contributed by atoms with Gasteiger partial charge in [0, 0.05) is 0 Å². The molecule has 2 aromatic rings. The van der Waals surface area contributed by atoms with Crippen molar-refractivity contribution in [2.75, 3.05) is 4.90 Å². The van der Waals surface area contributed by atoms with Crippen LogP contribution in [0.15, 0.2) is 48.3 Å². The van der Waals surface area contributed by atoms with Crippen molar-refractivity contribution in [2.45, 2.75) is 6.54 Å². The molecule has 0 aliphatic carbocycles. The molecule has 1 aliphatic heterocycles. The van der Waals surface area contributed by atoms with Crippen LogP contribution < -0.4 is 10.6 Å². The van der Waals surface area contributed by atoms with Crippen LogP contribution in [0.25, 0.3) is 6.08 Å². The van der Waals surface area contributed by atoms with Gasteiger partial charge >= 0.3 is 0 Å². The molecule has 2 N–H and O–H groups in total. The van der Waals surface area contributed by atoms with Crippen LogP contribution in [0.5, 0.6) is 0 Å². The maximum absolute atomic E-state index is 6.25. The lowest BCUT2D eigenvalue weighted by atomic mass is 10.0. The van der Waals surface area contributed by atoms with Gasteiger partial charge < -0.3 is 10.6 Å². The molecule has 0 unspecified atom stereocenters. The number of fused-ring (bicyclic) bond motifs is 1. The van der Waals surface area contributed by atoms with Crippen LogP contribution in [0, 0.1) is 0 Å². The molecule has 0 bridgehead atoms. The average Bonchev–Trinajstić information content (AvgIpc) is 2.39. The fourth-order valence-corrected chi connectivity index (χ4v) is 2.87. The lowest BCUT2D eigenvalue weighted by Crippen LogP contribution is -2.30.